The third-order valence-corrected chi connectivity index (χ3v) is 3.83. The van der Waals surface area contributed by atoms with E-state index in [0.29, 0.717) is 10.8 Å². The molecule has 0 saturated heterocycles. The minimum absolute atomic E-state index is 0.259. The van der Waals surface area contributed by atoms with Crippen molar-refractivity contribution in [3.63, 3.8) is 0 Å². The second kappa shape index (κ2) is 6.26. The fourth-order valence-electron chi connectivity index (χ4n) is 1.34. The summed E-state index contributed by atoms with van der Waals surface area (Å²) >= 11 is 5.84. The molecule has 0 aliphatic heterocycles. The molecule has 0 amide bonds. The smallest absolute Gasteiger partial charge is 0.0545 e. The van der Waals surface area contributed by atoms with Crippen LogP contribution in [0, 0.1) is 0 Å². The SMILES string of the molecule is CCNC(C)CS(=O)c1cccc(Cl)c1. The van der Waals surface area contributed by atoms with Gasteiger partial charge < -0.3 is 5.32 Å². The van der Waals surface area contributed by atoms with E-state index in [2.05, 4.69) is 5.32 Å². The average molecular weight is 246 g/mol. The summed E-state index contributed by atoms with van der Waals surface area (Å²) in [5.74, 6) is 0.619. The summed E-state index contributed by atoms with van der Waals surface area (Å²) in [5.41, 5.74) is 0. The van der Waals surface area contributed by atoms with E-state index >= 15 is 0 Å². The molecule has 2 nitrogen and oxygen atoms in total. The molecular weight excluding hydrogens is 230 g/mol. The van der Waals surface area contributed by atoms with Crippen molar-refractivity contribution in [2.24, 2.45) is 0 Å². The van der Waals surface area contributed by atoms with E-state index in [9.17, 15) is 4.21 Å². The molecule has 0 aliphatic carbocycles. The largest absolute Gasteiger partial charge is 0.314 e. The van der Waals surface area contributed by atoms with Crippen LogP contribution >= 0.6 is 11.6 Å². The van der Waals surface area contributed by atoms with Crippen LogP contribution in [0.15, 0.2) is 29.2 Å². The van der Waals surface area contributed by atoms with Gasteiger partial charge in [0, 0.05) is 21.7 Å². The van der Waals surface area contributed by atoms with Crippen LogP contribution in [0.25, 0.3) is 0 Å². The molecule has 0 saturated carbocycles. The van der Waals surface area contributed by atoms with Gasteiger partial charge in [-0.1, -0.05) is 24.6 Å². The lowest BCUT2D eigenvalue weighted by molar-refractivity contribution is 0.607. The summed E-state index contributed by atoms with van der Waals surface area (Å²) in [4.78, 5) is 0.798. The molecule has 0 aliphatic rings. The molecule has 0 bridgehead atoms. The monoisotopic (exact) mass is 245 g/mol. The third kappa shape index (κ3) is 4.33. The lowest BCUT2D eigenvalue weighted by Gasteiger charge is -2.11. The summed E-state index contributed by atoms with van der Waals surface area (Å²) in [6.07, 6.45) is 0. The fraction of sp³-hybridized carbons (Fsp3) is 0.455. The highest BCUT2D eigenvalue weighted by Crippen LogP contribution is 2.14. The molecule has 0 aromatic heterocycles. The molecule has 0 heterocycles. The molecule has 1 aromatic carbocycles. The molecule has 1 N–H and O–H groups in total. The molecular formula is C11H16ClNOS. The maximum atomic E-state index is 11.9. The number of hydrogen-bond acceptors (Lipinski definition) is 2. The van der Waals surface area contributed by atoms with Gasteiger partial charge in [-0.15, -0.1) is 0 Å². The van der Waals surface area contributed by atoms with Gasteiger partial charge in [0.2, 0.25) is 0 Å². The Bertz CT molecular complexity index is 343. The van der Waals surface area contributed by atoms with E-state index < -0.39 is 10.8 Å². The first-order valence-corrected chi connectivity index (χ1v) is 6.70. The molecule has 0 radical (unpaired) electrons. The fourth-order valence-corrected chi connectivity index (χ4v) is 2.85. The topological polar surface area (TPSA) is 29.1 Å². The third-order valence-electron chi connectivity index (χ3n) is 2.01. The zero-order valence-corrected chi connectivity index (χ0v) is 10.6. The van der Waals surface area contributed by atoms with Gasteiger partial charge in [-0.2, -0.15) is 0 Å². The van der Waals surface area contributed by atoms with E-state index in [1.807, 2.05) is 26.0 Å². The van der Waals surface area contributed by atoms with E-state index in [1.54, 1.807) is 12.1 Å². The number of benzene rings is 1. The van der Waals surface area contributed by atoms with E-state index in [-0.39, 0.29) is 6.04 Å². The lowest BCUT2D eigenvalue weighted by Crippen LogP contribution is -2.30. The van der Waals surface area contributed by atoms with Gasteiger partial charge in [-0.05, 0) is 31.7 Å². The standard InChI is InChI=1S/C11H16ClNOS/c1-3-13-9(2)8-15(14)11-6-4-5-10(12)7-11/h4-7,9,13H,3,8H2,1-2H3. The van der Waals surface area contributed by atoms with Crippen molar-refractivity contribution in [3.8, 4) is 0 Å². The molecule has 0 fully saturated rings. The van der Waals surface area contributed by atoms with E-state index in [1.165, 1.54) is 0 Å². The minimum atomic E-state index is -0.972. The molecule has 1 aromatic rings. The maximum absolute atomic E-state index is 11.9. The lowest BCUT2D eigenvalue weighted by atomic mass is 10.4. The van der Waals surface area contributed by atoms with Crippen LogP contribution in [0.1, 0.15) is 13.8 Å². The Labute approximate surface area is 98.5 Å². The van der Waals surface area contributed by atoms with Crippen LogP contribution in [0.4, 0.5) is 0 Å². The van der Waals surface area contributed by atoms with Gasteiger partial charge in [0.1, 0.15) is 0 Å². The number of rotatable bonds is 5. The molecule has 15 heavy (non-hydrogen) atoms. The first-order valence-electron chi connectivity index (χ1n) is 5.00. The van der Waals surface area contributed by atoms with Crippen molar-refractivity contribution in [1.29, 1.82) is 0 Å². The highest BCUT2D eigenvalue weighted by Gasteiger charge is 2.08. The van der Waals surface area contributed by atoms with Crippen LogP contribution in [-0.4, -0.2) is 22.5 Å². The second-order valence-electron chi connectivity index (χ2n) is 3.43. The Balaban J connectivity index is 2.61. The van der Waals surface area contributed by atoms with Crippen LogP contribution in [0.3, 0.4) is 0 Å². The van der Waals surface area contributed by atoms with Gasteiger partial charge in [0.25, 0.3) is 0 Å². The first kappa shape index (κ1) is 12.7. The van der Waals surface area contributed by atoms with Crippen LogP contribution < -0.4 is 5.32 Å². The minimum Gasteiger partial charge on any atom is -0.314 e. The molecule has 1 rings (SSSR count). The zero-order chi connectivity index (χ0) is 11.3. The summed E-state index contributed by atoms with van der Waals surface area (Å²) < 4.78 is 11.9. The van der Waals surface area contributed by atoms with Crippen LogP contribution in [-0.2, 0) is 10.8 Å². The average Bonchev–Trinajstić information content (AvgIpc) is 2.18. The highest BCUT2D eigenvalue weighted by atomic mass is 35.5. The molecule has 2 unspecified atom stereocenters. The first-order chi connectivity index (χ1) is 7.13. The number of nitrogens with one attached hydrogen (secondary N) is 1. The molecule has 4 heteroatoms. The Hall–Kier alpha value is -0.380. The number of halogens is 1. The summed E-state index contributed by atoms with van der Waals surface area (Å²) in [6, 6.07) is 7.48. The van der Waals surface area contributed by atoms with Crippen molar-refractivity contribution < 1.29 is 4.21 Å². The second-order valence-corrected chi connectivity index (χ2v) is 5.36. The normalized spacial score (nSPS) is 14.9. The zero-order valence-electron chi connectivity index (χ0n) is 9.00. The van der Waals surface area contributed by atoms with Gasteiger partial charge in [-0.3, -0.25) is 4.21 Å². The maximum Gasteiger partial charge on any atom is 0.0545 e. The summed E-state index contributed by atoms with van der Waals surface area (Å²) in [6.45, 7) is 4.97. The number of hydrogen-bond donors (Lipinski definition) is 1. The van der Waals surface area contributed by atoms with Crippen molar-refractivity contribution >= 4 is 22.4 Å². The predicted molar refractivity (Wildman–Crippen MR) is 65.9 cm³/mol. The Morgan fingerprint density at radius 1 is 1.53 bits per heavy atom. The Morgan fingerprint density at radius 2 is 2.27 bits per heavy atom. The molecule has 2 atom stereocenters. The van der Waals surface area contributed by atoms with Crippen molar-refractivity contribution in [2.45, 2.75) is 24.8 Å². The van der Waals surface area contributed by atoms with E-state index in [0.717, 1.165) is 11.4 Å². The molecule has 0 spiro atoms. The predicted octanol–water partition coefficient (Wildman–Crippen LogP) is 2.45. The van der Waals surface area contributed by atoms with Crippen molar-refractivity contribution in [1.82, 2.24) is 5.32 Å². The molecule has 84 valence electrons. The van der Waals surface area contributed by atoms with Crippen molar-refractivity contribution in [2.75, 3.05) is 12.3 Å². The Morgan fingerprint density at radius 3 is 2.87 bits per heavy atom. The quantitative estimate of drug-likeness (QED) is 0.864. The van der Waals surface area contributed by atoms with Gasteiger partial charge >= 0.3 is 0 Å². The van der Waals surface area contributed by atoms with Gasteiger partial charge in [0.15, 0.2) is 0 Å². The summed E-state index contributed by atoms with van der Waals surface area (Å²) in [5, 5.41) is 3.87. The van der Waals surface area contributed by atoms with Crippen LogP contribution in [0.2, 0.25) is 5.02 Å². The summed E-state index contributed by atoms with van der Waals surface area (Å²) in [7, 11) is -0.972. The van der Waals surface area contributed by atoms with Gasteiger partial charge in [-0.25, -0.2) is 0 Å². The highest BCUT2D eigenvalue weighted by molar-refractivity contribution is 7.85. The van der Waals surface area contributed by atoms with Gasteiger partial charge in [0.05, 0.1) is 10.8 Å². The van der Waals surface area contributed by atoms with Crippen LogP contribution in [0.5, 0.6) is 0 Å². The Kier molecular flexibility index (Phi) is 5.29. The van der Waals surface area contributed by atoms with E-state index in [4.69, 9.17) is 11.6 Å². The van der Waals surface area contributed by atoms with Crippen molar-refractivity contribution in [3.05, 3.63) is 29.3 Å².